The van der Waals surface area contributed by atoms with E-state index in [0.29, 0.717) is 50.6 Å². The number of aromatic nitrogens is 2. The molecular weight excluding hydrogens is 564 g/mol. The summed E-state index contributed by atoms with van der Waals surface area (Å²) in [4.78, 5) is 39.3. The van der Waals surface area contributed by atoms with Gasteiger partial charge in [-0.15, -0.1) is 10.2 Å². The number of Topliss-reactive ketones (excluding diaryl/α,β-unsaturated/α-hetero) is 1. The summed E-state index contributed by atoms with van der Waals surface area (Å²) in [7, 11) is 1.30. The summed E-state index contributed by atoms with van der Waals surface area (Å²) in [5.41, 5.74) is 8.53. The summed E-state index contributed by atoms with van der Waals surface area (Å²) < 4.78 is 10.8. The maximum Gasteiger partial charge on any atom is 0.337 e. The van der Waals surface area contributed by atoms with Crippen molar-refractivity contribution >= 4 is 51.6 Å². The monoisotopic (exact) mass is 590 g/mol. The Morgan fingerprint density at radius 3 is 2.68 bits per heavy atom. The highest BCUT2D eigenvalue weighted by atomic mass is 32.2. The molecule has 3 N–H and O–H groups in total. The summed E-state index contributed by atoms with van der Waals surface area (Å²) in [6.45, 7) is 4.02. The maximum absolute atomic E-state index is 13.5. The highest BCUT2D eigenvalue weighted by molar-refractivity contribution is 8.01. The number of esters is 1. The highest BCUT2D eigenvalue weighted by Gasteiger charge is 2.46. The van der Waals surface area contributed by atoms with E-state index >= 15 is 0 Å². The van der Waals surface area contributed by atoms with Crippen molar-refractivity contribution in [3.8, 4) is 6.07 Å². The number of furan rings is 1. The minimum Gasteiger partial charge on any atom is -0.468 e. The van der Waals surface area contributed by atoms with E-state index in [9.17, 15) is 19.6 Å². The standard InChI is InChI=1S/C28H26N6O5S2/c1-28(2)11-18-23(19(35)12-28)22(20-5-4-10-39-20)17(13-29)24(30)34(18)26-32-33-27(41-26)40-14-21(36)31-16-8-6-15(7-9-16)25(37)38-3/h4-10,22H,11-12,14,30H2,1-3H3,(H,31,36). The van der Waals surface area contributed by atoms with Gasteiger partial charge in [-0.05, 0) is 48.2 Å². The number of nitrogens with zero attached hydrogens (tertiary/aromatic N) is 4. The first-order chi connectivity index (χ1) is 19.6. The molecule has 0 saturated carbocycles. The van der Waals surface area contributed by atoms with Crippen LogP contribution in [0.15, 0.2) is 74.1 Å². The predicted molar refractivity (Wildman–Crippen MR) is 153 cm³/mol. The maximum atomic E-state index is 13.5. The van der Waals surface area contributed by atoms with E-state index in [2.05, 4.69) is 26.3 Å². The molecule has 1 unspecified atom stereocenters. The first-order valence-corrected chi connectivity index (χ1v) is 14.4. The Labute approximate surface area is 244 Å². The van der Waals surface area contributed by atoms with Crippen LogP contribution in [0, 0.1) is 16.7 Å². The molecule has 2 aliphatic rings. The van der Waals surface area contributed by atoms with Gasteiger partial charge in [0.15, 0.2) is 10.1 Å². The van der Waals surface area contributed by atoms with Crippen LogP contribution in [0.25, 0.3) is 0 Å². The molecule has 0 bridgehead atoms. The predicted octanol–water partition coefficient (Wildman–Crippen LogP) is 4.59. The fourth-order valence-corrected chi connectivity index (χ4v) is 6.63. The molecule has 1 aliphatic carbocycles. The minimum atomic E-state index is -0.697. The average molecular weight is 591 g/mol. The zero-order valence-corrected chi connectivity index (χ0v) is 24.1. The second-order valence-electron chi connectivity index (χ2n) is 10.3. The van der Waals surface area contributed by atoms with E-state index in [-0.39, 0.29) is 34.3 Å². The molecule has 0 saturated heterocycles. The lowest BCUT2D eigenvalue weighted by Crippen LogP contribution is -2.42. The Kier molecular flexibility index (Phi) is 7.70. The zero-order valence-electron chi connectivity index (χ0n) is 22.5. The van der Waals surface area contributed by atoms with Gasteiger partial charge in [-0.3, -0.25) is 14.5 Å². The summed E-state index contributed by atoms with van der Waals surface area (Å²) >= 11 is 2.40. The number of nitrogens with one attached hydrogen (secondary N) is 1. The molecule has 0 radical (unpaired) electrons. The van der Waals surface area contributed by atoms with Gasteiger partial charge in [-0.1, -0.05) is 36.9 Å². The number of nitriles is 1. The number of carbonyl (C=O) groups is 3. The summed E-state index contributed by atoms with van der Waals surface area (Å²) in [5, 5.41) is 21.8. The quantitative estimate of drug-likeness (QED) is 0.292. The number of thioether (sulfide) groups is 1. The third-order valence-electron chi connectivity index (χ3n) is 6.71. The van der Waals surface area contributed by atoms with Crippen LogP contribution in [-0.2, 0) is 14.3 Å². The van der Waals surface area contributed by atoms with Gasteiger partial charge in [-0.25, -0.2) is 4.79 Å². The lowest BCUT2D eigenvalue weighted by atomic mass is 9.69. The summed E-state index contributed by atoms with van der Waals surface area (Å²) in [6, 6.07) is 12.0. The van der Waals surface area contributed by atoms with Gasteiger partial charge in [0.2, 0.25) is 11.0 Å². The number of nitrogens with two attached hydrogens (primary N) is 1. The number of ether oxygens (including phenoxy) is 1. The number of methoxy groups -OCH3 is 1. The second-order valence-corrected chi connectivity index (χ2v) is 12.4. The average Bonchev–Trinajstić information content (AvgIpc) is 3.63. The SMILES string of the molecule is COC(=O)c1ccc(NC(=O)CSc2nnc(N3C(N)=C(C#N)C(c4ccco4)C4=C3CC(C)(C)CC4=O)s2)cc1. The Balaban J connectivity index is 1.37. The van der Waals surface area contributed by atoms with E-state index in [1.807, 2.05) is 13.8 Å². The van der Waals surface area contributed by atoms with Gasteiger partial charge in [-0.2, -0.15) is 5.26 Å². The third-order valence-corrected chi connectivity index (χ3v) is 8.75. The van der Waals surface area contributed by atoms with Crippen LogP contribution in [0.2, 0.25) is 0 Å². The number of hydrogen-bond donors (Lipinski definition) is 2. The smallest absolute Gasteiger partial charge is 0.337 e. The number of ketones is 1. The first-order valence-electron chi connectivity index (χ1n) is 12.6. The van der Waals surface area contributed by atoms with Gasteiger partial charge in [0.1, 0.15) is 11.6 Å². The number of rotatable bonds is 7. The van der Waals surface area contributed by atoms with Gasteiger partial charge in [0, 0.05) is 23.4 Å². The fourth-order valence-electron chi connectivity index (χ4n) is 4.95. The van der Waals surface area contributed by atoms with E-state index in [4.69, 9.17) is 10.2 Å². The zero-order chi connectivity index (χ0) is 29.3. The molecule has 0 spiro atoms. The number of amides is 1. The van der Waals surface area contributed by atoms with Gasteiger partial charge in [0.25, 0.3) is 0 Å². The van der Waals surface area contributed by atoms with Crippen molar-refractivity contribution < 1.29 is 23.5 Å². The van der Waals surface area contributed by atoms with Crippen molar-refractivity contribution in [1.29, 1.82) is 5.26 Å². The lowest BCUT2D eigenvalue weighted by molar-refractivity contribution is -0.118. The third kappa shape index (κ3) is 5.61. The van der Waals surface area contributed by atoms with Gasteiger partial charge < -0.3 is 20.2 Å². The Bertz CT molecular complexity index is 1620. The van der Waals surface area contributed by atoms with E-state index in [1.165, 1.54) is 36.5 Å². The van der Waals surface area contributed by atoms with Crippen molar-refractivity contribution in [3.63, 3.8) is 0 Å². The van der Waals surface area contributed by atoms with Crippen LogP contribution >= 0.6 is 23.1 Å². The molecular formula is C28H26N6O5S2. The number of anilines is 2. The van der Waals surface area contributed by atoms with Gasteiger partial charge >= 0.3 is 5.97 Å². The number of carbonyl (C=O) groups excluding carboxylic acids is 3. The van der Waals surface area contributed by atoms with Crippen LogP contribution in [0.4, 0.5) is 10.8 Å². The number of allylic oxidation sites excluding steroid dienone is 3. The van der Waals surface area contributed by atoms with Crippen LogP contribution in [-0.4, -0.2) is 40.7 Å². The normalized spacial score (nSPS) is 18.1. The van der Waals surface area contributed by atoms with Crippen LogP contribution in [0.5, 0.6) is 0 Å². The topological polar surface area (TPSA) is 164 Å². The van der Waals surface area contributed by atoms with E-state index in [1.54, 1.807) is 41.3 Å². The second kappa shape index (κ2) is 11.2. The minimum absolute atomic E-state index is 0.0577. The number of hydrogen-bond acceptors (Lipinski definition) is 12. The Morgan fingerprint density at radius 1 is 1.27 bits per heavy atom. The molecule has 1 atom stereocenters. The first kappa shape index (κ1) is 28.1. The van der Waals surface area contributed by atoms with Crippen LogP contribution in [0.1, 0.15) is 48.7 Å². The van der Waals surface area contributed by atoms with Crippen molar-refractivity contribution in [2.45, 2.75) is 36.9 Å². The van der Waals surface area contributed by atoms with E-state index in [0.717, 1.165) is 0 Å². The van der Waals surface area contributed by atoms with Crippen molar-refractivity contribution in [2.75, 3.05) is 23.1 Å². The van der Waals surface area contributed by atoms with Gasteiger partial charge in [0.05, 0.1) is 42.2 Å². The molecule has 2 aromatic heterocycles. The molecule has 1 amide bonds. The molecule has 3 heterocycles. The summed E-state index contributed by atoms with van der Waals surface area (Å²) in [6.07, 6.45) is 2.36. The van der Waals surface area contributed by atoms with E-state index < -0.39 is 11.9 Å². The molecule has 1 aromatic carbocycles. The number of benzene rings is 1. The van der Waals surface area contributed by atoms with Crippen molar-refractivity contribution in [1.82, 2.24) is 10.2 Å². The fraction of sp³-hybridized carbons (Fsp3) is 0.286. The molecule has 1 aliphatic heterocycles. The molecule has 13 heteroatoms. The Hall–Kier alpha value is -4.41. The van der Waals surface area contributed by atoms with Crippen molar-refractivity contribution in [3.05, 3.63) is 76.6 Å². The molecule has 11 nitrogen and oxygen atoms in total. The molecule has 0 fully saturated rings. The van der Waals surface area contributed by atoms with Crippen LogP contribution in [0.3, 0.4) is 0 Å². The van der Waals surface area contributed by atoms with Crippen molar-refractivity contribution in [2.24, 2.45) is 11.1 Å². The molecule has 41 heavy (non-hydrogen) atoms. The molecule has 3 aromatic rings. The highest BCUT2D eigenvalue weighted by Crippen LogP contribution is 2.50. The molecule has 5 rings (SSSR count). The molecule has 210 valence electrons. The Morgan fingerprint density at radius 2 is 2.02 bits per heavy atom. The summed E-state index contributed by atoms with van der Waals surface area (Å²) in [5.74, 6) is -0.800. The lowest BCUT2D eigenvalue weighted by Gasteiger charge is -2.42. The largest absolute Gasteiger partial charge is 0.468 e. The van der Waals surface area contributed by atoms with Crippen LogP contribution < -0.4 is 16.0 Å².